The van der Waals surface area contributed by atoms with Gasteiger partial charge >= 0.3 is 0 Å². The van der Waals surface area contributed by atoms with E-state index in [1.54, 1.807) is 0 Å². The van der Waals surface area contributed by atoms with Crippen LogP contribution in [0.25, 0.3) is 0 Å². The molecule has 2 heterocycles. The van der Waals surface area contributed by atoms with E-state index in [4.69, 9.17) is 0 Å². The van der Waals surface area contributed by atoms with Gasteiger partial charge in [0.25, 0.3) is 0 Å². The Morgan fingerprint density at radius 3 is 2.75 bits per heavy atom. The first-order valence-electron chi connectivity index (χ1n) is 5.66. The van der Waals surface area contributed by atoms with E-state index in [0.717, 1.165) is 28.9 Å². The van der Waals surface area contributed by atoms with Crippen LogP contribution < -0.4 is 4.90 Å². The second-order valence-corrected chi connectivity index (χ2v) is 5.33. The maximum Gasteiger partial charge on any atom is 0.225 e. The third-order valence-corrected chi connectivity index (χ3v) is 3.51. The molecular formula is C11H16IN3O. The number of rotatable bonds is 2. The summed E-state index contributed by atoms with van der Waals surface area (Å²) in [5.41, 5.74) is 0. The van der Waals surface area contributed by atoms with Crippen molar-refractivity contribution >= 4 is 28.5 Å². The van der Waals surface area contributed by atoms with Crippen molar-refractivity contribution in [2.45, 2.75) is 31.7 Å². The average molecular weight is 333 g/mol. The first-order chi connectivity index (χ1) is 7.81. The molecule has 0 bridgehead atoms. The Balaban J connectivity index is 2.18. The van der Waals surface area contributed by atoms with Crippen LogP contribution in [0.15, 0.2) is 12.4 Å². The number of aromatic nitrogens is 2. The Morgan fingerprint density at radius 2 is 2.06 bits per heavy atom. The number of nitrogens with zero attached hydrogens (tertiary/aromatic N) is 3. The Bertz CT molecular complexity index is 331. The molecule has 5 heteroatoms. The Labute approximate surface area is 109 Å². The molecule has 1 saturated heterocycles. The third kappa shape index (κ3) is 2.82. The van der Waals surface area contributed by atoms with Gasteiger partial charge < -0.3 is 10.0 Å². The molecule has 88 valence electrons. The molecule has 2 rings (SSSR count). The van der Waals surface area contributed by atoms with Gasteiger partial charge in [0.15, 0.2) is 0 Å². The number of anilines is 1. The molecule has 0 aromatic carbocycles. The zero-order valence-electron chi connectivity index (χ0n) is 9.14. The van der Waals surface area contributed by atoms with Gasteiger partial charge in [0.1, 0.15) is 0 Å². The van der Waals surface area contributed by atoms with E-state index in [0.29, 0.717) is 0 Å². The fraction of sp³-hybridized carbons (Fsp3) is 0.636. The largest absolute Gasteiger partial charge is 0.394 e. The summed E-state index contributed by atoms with van der Waals surface area (Å²) in [6.45, 7) is 1.14. The molecule has 1 aromatic rings. The van der Waals surface area contributed by atoms with E-state index >= 15 is 0 Å². The molecule has 4 nitrogen and oxygen atoms in total. The summed E-state index contributed by atoms with van der Waals surface area (Å²) < 4.78 is 1.04. The van der Waals surface area contributed by atoms with E-state index < -0.39 is 0 Å². The van der Waals surface area contributed by atoms with Crippen LogP contribution in [0.1, 0.15) is 25.7 Å². The van der Waals surface area contributed by atoms with Gasteiger partial charge in [-0.2, -0.15) is 0 Å². The summed E-state index contributed by atoms with van der Waals surface area (Å²) in [5, 5.41) is 9.40. The topological polar surface area (TPSA) is 49.2 Å². The maximum absolute atomic E-state index is 9.40. The van der Waals surface area contributed by atoms with Gasteiger partial charge in [-0.15, -0.1) is 0 Å². The van der Waals surface area contributed by atoms with Crippen LogP contribution in [0.5, 0.6) is 0 Å². The van der Waals surface area contributed by atoms with Crippen LogP contribution in [0.3, 0.4) is 0 Å². The SMILES string of the molecule is OCC1CCCCCN1c1ncc(I)cn1. The summed E-state index contributed by atoms with van der Waals surface area (Å²) >= 11 is 2.20. The fourth-order valence-electron chi connectivity index (χ4n) is 2.08. The lowest BCUT2D eigenvalue weighted by Crippen LogP contribution is -2.38. The molecule has 1 atom stereocenters. The predicted molar refractivity (Wildman–Crippen MR) is 71.4 cm³/mol. The molecule has 1 N–H and O–H groups in total. The minimum absolute atomic E-state index is 0.183. The number of aliphatic hydroxyl groups excluding tert-OH is 1. The van der Waals surface area contributed by atoms with Crippen molar-refractivity contribution in [3.8, 4) is 0 Å². The molecule has 0 radical (unpaired) electrons. The zero-order valence-corrected chi connectivity index (χ0v) is 11.3. The van der Waals surface area contributed by atoms with Crippen LogP contribution in [0.4, 0.5) is 5.95 Å². The number of halogens is 1. The lowest BCUT2D eigenvalue weighted by atomic mass is 10.1. The molecule has 0 amide bonds. The standard InChI is InChI=1S/C11H16IN3O/c12-9-6-13-11(14-7-9)15-5-3-1-2-4-10(15)8-16/h6-7,10,16H,1-5,8H2. The summed E-state index contributed by atoms with van der Waals surface area (Å²) in [7, 11) is 0. The lowest BCUT2D eigenvalue weighted by Gasteiger charge is -2.28. The first kappa shape index (κ1) is 12.0. The minimum Gasteiger partial charge on any atom is -0.394 e. The van der Waals surface area contributed by atoms with Crippen LogP contribution in [-0.4, -0.2) is 34.3 Å². The van der Waals surface area contributed by atoms with Crippen molar-refractivity contribution < 1.29 is 5.11 Å². The normalized spacial score (nSPS) is 21.9. The van der Waals surface area contributed by atoms with Gasteiger partial charge in [0, 0.05) is 22.5 Å². The number of hydrogen-bond donors (Lipinski definition) is 1. The van der Waals surface area contributed by atoms with Crippen molar-refractivity contribution in [2.24, 2.45) is 0 Å². The first-order valence-corrected chi connectivity index (χ1v) is 6.74. The van der Waals surface area contributed by atoms with Crippen LogP contribution in [0, 0.1) is 3.57 Å². The molecule has 1 aromatic heterocycles. The fourth-order valence-corrected chi connectivity index (χ4v) is 2.36. The number of aliphatic hydroxyl groups is 1. The van der Waals surface area contributed by atoms with Crippen LogP contribution >= 0.6 is 22.6 Å². The van der Waals surface area contributed by atoms with Crippen LogP contribution in [-0.2, 0) is 0 Å². The summed E-state index contributed by atoms with van der Waals surface area (Å²) in [6, 6.07) is 0.183. The molecule has 1 aliphatic heterocycles. The molecule has 1 aliphatic rings. The molecule has 0 spiro atoms. The van der Waals surface area contributed by atoms with E-state index in [1.165, 1.54) is 12.8 Å². The molecule has 16 heavy (non-hydrogen) atoms. The van der Waals surface area contributed by atoms with E-state index in [-0.39, 0.29) is 12.6 Å². The minimum atomic E-state index is 0.183. The Hall–Kier alpha value is -0.430. The van der Waals surface area contributed by atoms with Crippen LogP contribution in [0.2, 0.25) is 0 Å². The van der Waals surface area contributed by atoms with Crippen molar-refractivity contribution in [3.05, 3.63) is 16.0 Å². The van der Waals surface area contributed by atoms with Gasteiger partial charge in [-0.3, -0.25) is 0 Å². The van der Waals surface area contributed by atoms with Crippen molar-refractivity contribution in [2.75, 3.05) is 18.1 Å². The molecule has 0 saturated carbocycles. The van der Waals surface area contributed by atoms with Crippen molar-refractivity contribution in [1.29, 1.82) is 0 Å². The predicted octanol–water partition coefficient (Wildman–Crippen LogP) is 1.82. The van der Waals surface area contributed by atoms with Gasteiger partial charge in [0.2, 0.25) is 5.95 Å². The lowest BCUT2D eigenvalue weighted by molar-refractivity contribution is 0.254. The van der Waals surface area contributed by atoms with Gasteiger partial charge in [0.05, 0.1) is 12.6 Å². The smallest absolute Gasteiger partial charge is 0.225 e. The highest BCUT2D eigenvalue weighted by Gasteiger charge is 2.22. The van der Waals surface area contributed by atoms with Crippen molar-refractivity contribution in [3.63, 3.8) is 0 Å². The van der Waals surface area contributed by atoms with Gasteiger partial charge in [-0.05, 0) is 35.4 Å². The molecule has 1 fully saturated rings. The highest BCUT2D eigenvalue weighted by molar-refractivity contribution is 14.1. The average Bonchev–Trinajstić information content (AvgIpc) is 2.55. The summed E-state index contributed by atoms with van der Waals surface area (Å²) in [5.74, 6) is 0.751. The van der Waals surface area contributed by atoms with E-state index in [9.17, 15) is 5.11 Å². The summed E-state index contributed by atoms with van der Waals surface area (Å²) in [6.07, 6.45) is 8.26. The Morgan fingerprint density at radius 1 is 1.31 bits per heavy atom. The zero-order chi connectivity index (χ0) is 11.4. The Kier molecular flexibility index (Phi) is 4.34. The highest BCUT2D eigenvalue weighted by Crippen LogP contribution is 2.20. The second kappa shape index (κ2) is 5.77. The highest BCUT2D eigenvalue weighted by atomic mass is 127. The molecular weight excluding hydrogens is 317 g/mol. The van der Waals surface area contributed by atoms with Crippen molar-refractivity contribution in [1.82, 2.24) is 9.97 Å². The van der Waals surface area contributed by atoms with E-state index in [2.05, 4.69) is 37.5 Å². The van der Waals surface area contributed by atoms with Gasteiger partial charge in [-0.1, -0.05) is 12.8 Å². The quantitative estimate of drug-likeness (QED) is 0.839. The monoisotopic (exact) mass is 333 g/mol. The maximum atomic E-state index is 9.40. The third-order valence-electron chi connectivity index (χ3n) is 2.95. The second-order valence-electron chi connectivity index (χ2n) is 4.08. The number of hydrogen-bond acceptors (Lipinski definition) is 4. The molecule has 1 unspecified atom stereocenters. The van der Waals surface area contributed by atoms with Gasteiger partial charge in [-0.25, -0.2) is 9.97 Å². The molecule has 0 aliphatic carbocycles. The van der Waals surface area contributed by atoms with E-state index in [1.807, 2.05) is 12.4 Å². The summed E-state index contributed by atoms with van der Waals surface area (Å²) in [4.78, 5) is 10.8.